The first-order valence-corrected chi connectivity index (χ1v) is 8.99. The number of thiazole rings is 1. The van der Waals surface area contributed by atoms with Crippen LogP contribution in [0.3, 0.4) is 0 Å². The number of amides is 1. The first-order valence-electron chi connectivity index (χ1n) is 8.11. The lowest BCUT2D eigenvalue weighted by atomic mass is 9.89. The van der Waals surface area contributed by atoms with E-state index in [2.05, 4.69) is 22.6 Å². The van der Waals surface area contributed by atoms with Gasteiger partial charge in [0.25, 0.3) is 0 Å². The van der Waals surface area contributed by atoms with Crippen molar-refractivity contribution in [3.63, 3.8) is 0 Å². The Morgan fingerprint density at radius 3 is 3.05 bits per heavy atom. The monoisotopic (exact) mass is 325 g/mol. The van der Waals surface area contributed by atoms with Crippen molar-refractivity contribution in [2.24, 2.45) is 5.92 Å². The van der Waals surface area contributed by atoms with E-state index < -0.39 is 0 Å². The molecule has 2 heterocycles. The van der Waals surface area contributed by atoms with E-state index in [-0.39, 0.29) is 5.91 Å². The molecule has 6 heteroatoms. The molecule has 1 N–H and O–H groups in total. The predicted molar refractivity (Wildman–Crippen MR) is 88.7 cm³/mol. The minimum absolute atomic E-state index is 0.278. The molecule has 0 aliphatic carbocycles. The highest BCUT2D eigenvalue weighted by Crippen LogP contribution is 2.21. The van der Waals surface area contributed by atoms with Gasteiger partial charge in [0.05, 0.1) is 12.3 Å². The molecule has 0 bridgehead atoms. The fourth-order valence-corrected chi connectivity index (χ4v) is 3.78. The van der Waals surface area contributed by atoms with E-state index >= 15 is 0 Å². The second kappa shape index (κ2) is 8.60. The Morgan fingerprint density at radius 2 is 2.36 bits per heavy atom. The summed E-state index contributed by atoms with van der Waals surface area (Å²) in [4.78, 5) is 18.4. The van der Waals surface area contributed by atoms with Crippen LogP contribution in [0, 0.1) is 5.92 Å². The molecule has 2 rings (SSSR count). The van der Waals surface area contributed by atoms with Crippen LogP contribution in [0.1, 0.15) is 43.8 Å². The zero-order valence-electron chi connectivity index (χ0n) is 13.8. The van der Waals surface area contributed by atoms with E-state index in [9.17, 15) is 4.79 Å². The van der Waals surface area contributed by atoms with Crippen LogP contribution in [0.25, 0.3) is 0 Å². The van der Waals surface area contributed by atoms with Crippen molar-refractivity contribution >= 4 is 17.2 Å². The molecule has 22 heavy (non-hydrogen) atoms. The van der Waals surface area contributed by atoms with Crippen LogP contribution in [0.15, 0.2) is 5.38 Å². The van der Waals surface area contributed by atoms with Crippen molar-refractivity contribution in [3.05, 3.63) is 16.1 Å². The molecule has 1 aromatic rings. The lowest BCUT2D eigenvalue weighted by Gasteiger charge is -2.38. The maximum atomic E-state index is 11.9. The number of nitrogens with one attached hydrogen (secondary N) is 1. The van der Waals surface area contributed by atoms with Gasteiger partial charge in [-0.15, -0.1) is 11.3 Å². The zero-order chi connectivity index (χ0) is 15.9. The standard InChI is InChI=1S/C16H27N3O2S/c1-4-12-9-19(16(20)5-2)7-6-14(12)17-8-13-11-22-15(18-13)10-21-3/h11-12,14,17H,4-10H2,1-3H3/t12-,14+/m1/s1. The third kappa shape index (κ3) is 4.51. The number of carbonyl (C=O) groups excluding carboxylic acids is 1. The maximum Gasteiger partial charge on any atom is 0.222 e. The van der Waals surface area contributed by atoms with Crippen LogP contribution in [0.2, 0.25) is 0 Å². The number of ether oxygens (including phenoxy) is 1. The van der Waals surface area contributed by atoms with Crippen molar-refractivity contribution in [2.75, 3.05) is 20.2 Å². The summed E-state index contributed by atoms with van der Waals surface area (Å²) >= 11 is 1.65. The molecule has 1 aliphatic rings. The van der Waals surface area contributed by atoms with Gasteiger partial charge in [-0.05, 0) is 12.3 Å². The molecule has 124 valence electrons. The lowest BCUT2D eigenvalue weighted by molar-refractivity contribution is -0.133. The van der Waals surface area contributed by atoms with E-state index in [1.54, 1.807) is 18.4 Å². The quantitative estimate of drug-likeness (QED) is 0.836. The van der Waals surface area contributed by atoms with Gasteiger partial charge in [0, 0.05) is 44.6 Å². The molecule has 0 aromatic carbocycles. The molecule has 1 saturated heterocycles. The fraction of sp³-hybridized carbons (Fsp3) is 0.750. The molecule has 1 amide bonds. The van der Waals surface area contributed by atoms with Crippen molar-refractivity contribution in [1.82, 2.24) is 15.2 Å². The van der Waals surface area contributed by atoms with Crippen molar-refractivity contribution in [2.45, 2.75) is 52.3 Å². The molecule has 1 aliphatic heterocycles. The predicted octanol–water partition coefficient (Wildman–Crippen LogP) is 2.42. The smallest absolute Gasteiger partial charge is 0.222 e. The summed E-state index contributed by atoms with van der Waals surface area (Å²) in [5, 5.41) is 6.76. The Morgan fingerprint density at radius 1 is 1.55 bits per heavy atom. The molecular weight excluding hydrogens is 298 g/mol. The van der Waals surface area contributed by atoms with Gasteiger partial charge in [0.1, 0.15) is 5.01 Å². The van der Waals surface area contributed by atoms with Gasteiger partial charge >= 0.3 is 0 Å². The number of aromatic nitrogens is 1. The third-order valence-electron chi connectivity index (χ3n) is 4.33. The number of nitrogens with zero attached hydrogens (tertiary/aromatic N) is 2. The first kappa shape index (κ1) is 17.4. The Kier molecular flexibility index (Phi) is 6.79. The molecule has 0 saturated carbocycles. The number of hydrogen-bond donors (Lipinski definition) is 1. The third-order valence-corrected chi connectivity index (χ3v) is 5.20. The minimum atomic E-state index is 0.278. The number of carbonyl (C=O) groups is 1. The number of rotatable bonds is 7. The highest BCUT2D eigenvalue weighted by Gasteiger charge is 2.29. The normalized spacial score (nSPS) is 22.0. The summed E-state index contributed by atoms with van der Waals surface area (Å²) in [5.41, 5.74) is 1.08. The molecule has 5 nitrogen and oxygen atoms in total. The van der Waals surface area contributed by atoms with Crippen LogP contribution in [-0.4, -0.2) is 42.0 Å². The summed E-state index contributed by atoms with van der Waals surface area (Å²) in [6, 6.07) is 0.471. The minimum Gasteiger partial charge on any atom is -0.378 e. The molecule has 0 spiro atoms. The molecule has 0 radical (unpaired) electrons. The second-order valence-electron chi connectivity index (χ2n) is 5.80. The van der Waals surface area contributed by atoms with Crippen LogP contribution in [-0.2, 0) is 22.7 Å². The van der Waals surface area contributed by atoms with Crippen LogP contribution in [0.4, 0.5) is 0 Å². The van der Waals surface area contributed by atoms with Crippen molar-refractivity contribution in [3.8, 4) is 0 Å². The maximum absolute atomic E-state index is 11.9. The summed E-state index contributed by atoms with van der Waals surface area (Å²) in [6.45, 7) is 7.27. The zero-order valence-corrected chi connectivity index (χ0v) is 14.6. The average molecular weight is 325 g/mol. The Labute approximate surface area is 137 Å². The SMILES string of the molecule is CCC(=O)N1CC[C@H](NCc2csc(COC)n2)[C@H](CC)C1. The molecule has 1 fully saturated rings. The fourth-order valence-electron chi connectivity index (χ4n) is 3.02. The summed E-state index contributed by atoms with van der Waals surface area (Å²) < 4.78 is 5.11. The molecule has 1 aromatic heterocycles. The Hall–Kier alpha value is -0.980. The number of piperidine rings is 1. The highest BCUT2D eigenvalue weighted by molar-refractivity contribution is 7.09. The molecule has 2 atom stereocenters. The summed E-state index contributed by atoms with van der Waals surface area (Å²) in [6.07, 6.45) is 2.73. The Balaban J connectivity index is 1.85. The first-order chi connectivity index (χ1) is 10.7. The van der Waals surface area contributed by atoms with Crippen molar-refractivity contribution < 1.29 is 9.53 Å². The second-order valence-corrected chi connectivity index (χ2v) is 6.75. The van der Waals surface area contributed by atoms with Crippen LogP contribution < -0.4 is 5.32 Å². The van der Waals surface area contributed by atoms with Gasteiger partial charge in [0.15, 0.2) is 0 Å². The average Bonchev–Trinajstić information content (AvgIpc) is 3.00. The highest BCUT2D eigenvalue weighted by atomic mass is 32.1. The van der Waals surface area contributed by atoms with Gasteiger partial charge in [-0.3, -0.25) is 4.79 Å². The van der Waals surface area contributed by atoms with E-state index in [0.29, 0.717) is 25.0 Å². The molecule has 0 unspecified atom stereocenters. The number of methoxy groups -OCH3 is 1. The summed E-state index contributed by atoms with van der Waals surface area (Å²) in [5.74, 6) is 0.807. The molecular formula is C16H27N3O2S. The van der Waals surface area contributed by atoms with E-state index in [4.69, 9.17) is 4.74 Å². The van der Waals surface area contributed by atoms with Crippen LogP contribution in [0.5, 0.6) is 0 Å². The topological polar surface area (TPSA) is 54.5 Å². The summed E-state index contributed by atoms with van der Waals surface area (Å²) in [7, 11) is 1.69. The number of hydrogen-bond acceptors (Lipinski definition) is 5. The van der Waals surface area contributed by atoms with Gasteiger partial charge < -0.3 is 15.0 Å². The largest absolute Gasteiger partial charge is 0.378 e. The van der Waals surface area contributed by atoms with Gasteiger partial charge in [-0.2, -0.15) is 0 Å². The number of likely N-dealkylation sites (tertiary alicyclic amines) is 1. The van der Waals surface area contributed by atoms with Crippen molar-refractivity contribution in [1.29, 1.82) is 0 Å². The Bertz CT molecular complexity index is 478. The van der Waals surface area contributed by atoms with Gasteiger partial charge in [-0.25, -0.2) is 4.98 Å². The van der Waals surface area contributed by atoms with E-state index in [1.165, 1.54) is 0 Å². The van der Waals surface area contributed by atoms with E-state index in [1.807, 2.05) is 11.8 Å². The van der Waals surface area contributed by atoms with Crippen LogP contribution >= 0.6 is 11.3 Å². The van der Waals surface area contributed by atoms with Gasteiger partial charge in [-0.1, -0.05) is 20.3 Å². The van der Waals surface area contributed by atoms with Gasteiger partial charge in [0.2, 0.25) is 5.91 Å². The lowest BCUT2D eigenvalue weighted by Crippen LogP contribution is -2.50. The van der Waals surface area contributed by atoms with E-state index in [0.717, 1.165) is 43.2 Å².